The van der Waals surface area contributed by atoms with Crippen LogP contribution in [0, 0.1) is 0 Å². The summed E-state index contributed by atoms with van der Waals surface area (Å²) in [5.74, 6) is 2.75. The first kappa shape index (κ1) is 22.6. The molecule has 25 heavy (non-hydrogen) atoms. The molecule has 1 rings (SSSR count). The summed E-state index contributed by atoms with van der Waals surface area (Å²) in [6.07, 6.45) is 1.59. The zero-order valence-electron chi connectivity index (χ0n) is 14.8. The molecule has 0 aliphatic carbocycles. The number of carbonyl (C=O) groups is 2. The summed E-state index contributed by atoms with van der Waals surface area (Å²) in [6.45, 7) is 4.67. The van der Waals surface area contributed by atoms with Gasteiger partial charge in [-0.2, -0.15) is 23.5 Å². The minimum atomic E-state index is 0.0504. The molecule has 7 nitrogen and oxygen atoms in total. The number of nitrogens with one attached hydrogen (secondary N) is 2. The fourth-order valence-electron chi connectivity index (χ4n) is 1.90. The standard InChI is InChI=1S/C16H30N2O5S2/c19-15-13-24-11-12-25-14-16(20)18-4-2-6-22-8-10-23-9-7-21-5-1-3-17-15/h1-14H2,(H,17,19)(H,18,20). The number of hydrogen-bond donors (Lipinski definition) is 2. The first-order chi connectivity index (χ1) is 12.3. The van der Waals surface area contributed by atoms with Crippen molar-refractivity contribution >= 4 is 35.3 Å². The van der Waals surface area contributed by atoms with Crippen molar-refractivity contribution < 1.29 is 23.8 Å². The Morgan fingerprint density at radius 2 is 1.04 bits per heavy atom. The second-order valence-electron chi connectivity index (χ2n) is 5.35. The van der Waals surface area contributed by atoms with Gasteiger partial charge < -0.3 is 24.8 Å². The van der Waals surface area contributed by atoms with Crippen LogP contribution in [0.1, 0.15) is 12.8 Å². The van der Waals surface area contributed by atoms with Crippen LogP contribution in [-0.4, -0.2) is 87.6 Å². The third kappa shape index (κ3) is 15.5. The summed E-state index contributed by atoms with van der Waals surface area (Å²) in [4.78, 5) is 23.3. The SMILES string of the molecule is O=C1CSCCSCC(=O)NCCCOCCOCCOCCCN1. The van der Waals surface area contributed by atoms with E-state index in [9.17, 15) is 9.59 Å². The number of thioether (sulfide) groups is 2. The number of carbonyl (C=O) groups excluding carboxylic acids is 2. The summed E-state index contributed by atoms with van der Waals surface area (Å²) in [5.41, 5.74) is 0. The van der Waals surface area contributed by atoms with Gasteiger partial charge in [-0.3, -0.25) is 9.59 Å². The number of amides is 2. The Balaban J connectivity index is 2.16. The van der Waals surface area contributed by atoms with Crippen molar-refractivity contribution in [3.8, 4) is 0 Å². The van der Waals surface area contributed by atoms with E-state index in [1.54, 1.807) is 23.5 Å². The maximum Gasteiger partial charge on any atom is 0.229 e. The lowest BCUT2D eigenvalue weighted by molar-refractivity contribution is -0.119. The van der Waals surface area contributed by atoms with Gasteiger partial charge in [0.15, 0.2) is 0 Å². The molecule has 1 aliphatic rings. The quantitative estimate of drug-likeness (QED) is 0.620. The van der Waals surface area contributed by atoms with Crippen LogP contribution in [0.5, 0.6) is 0 Å². The monoisotopic (exact) mass is 394 g/mol. The second-order valence-corrected chi connectivity index (χ2v) is 7.56. The second kappa shape index (κ2) is 17.0. The van der Waals surface area contributed by atoms with Crippen molar-refractivity contribution in [3.63, 3.8) is 0 Å². The van der Waals surface area contributed by atoms with Crippen molar-refractivity contribution in [2.24, 2.45) is 0 Å². The zero-order chi connectivity index (χ0) is 18.0. The largest absolute Gasteiger partial charge is 0.379 e. The summed E-state index contributed by atoms with van der Waals surface area (Å²) >= 11 is 3.18. The van der Waals surface area contributed by atoms with Crippen LogP contribution in [0.25, 0.3) is 0 Å². The van der Waals surface area contributed by atoms with E-state index >= 15 is 0 Å². The molecule has 9 heteroatoms. The van der Waals surface area contributed by atoms with Gasteiger partial charge in [0, 0.05) is 37.8 Å². The number of hydrogen-bond acceptors (Lipinski definition) is 7. The molecule has 0 aromatic rings. The Bertz CT molecular complexity index is 329. The van der Waals surface area contributed by atoms with Gasteiger partial charge in [-0.15, -0.1) is 0 Å². The normalized spacial score (nSPS) is 22.6. The Morgan fingerprint density at radius 1 is 0.640 bits per heavy atom. The van der Waals surface area contributed by atoms with E-state index in [-0.39, 0.29) is 11.8 Å². The highest BCUT2D eigenvalue weighted by Crippen LogP contribution is 2.06. The predicted octanol–water partition coefficient (Wildman–Crippen LogP) is 0.529. The van der Waals surface area contributed by atoms with E-state index in [1.807, 2.05) is 0 Å². The maximum atomic E-state index is 11.6. The topological polar surface area (TPSA) is 85.9 Å². The Morgan fingerprint density at radius 3 is 1.48 bits per heavy atom. The Labute approximate surface area is 158 Å². The van der Waals surface area contributed by atoms with E-state index in [0.29, 0.717) is 64.2 Å². The molecule has 0 spiro atoms. The minimum Gasteiger partial charge on any atom is -0.379 e. The van der Waals surface area contributed by atoms with Crippen molar-refractivity contribution in [2.75, 3.05) is 75.7 Å². The first-order valence-electron chi connectivity index (χ1n) is 8.71. The van der Waals surface area contributed by atoms with E-state index in [2.05, 4.69) is 10.6 Å². The average Bonchev–Trinajstić information content (AvgIpc) is 2.60. The van der Waals surface area contributed by atoms with Gasteiger partial charge in [-0.05, 0) is 12.8 Å². The molecule has 2 N–H and O–H groups in total. The summed E-state index contributed by atoms with van der Waals surface area (Å²) < 4.78 is 16.3. The molecule has 146 valence electrons. The molecular formula is C16H30N2O5S2. The number of rotatable bonds is 0. The van der Waals surface area contributed by atoms with Gasteiger partial charge in [-0.1, -0.05) is 0 Å². The molecule has 1 heterocycles. The van der Waals surface area contributed by atoms with Crippen LogP contribution in [-0.2, 0) is 23.8 Å². The van der Waals surface area contributed by atoms with Crippen LogP contribution in [0.2, 0.25) is 0 Å². The lowest BCUT2D eigenvalue weighted by Crippen LogP contribution is -2.27. The molecule has 0 aromatic carbocycles. The molecule has 0 atom stereocenters. The van der Waals surface area contributed by atoms with E-state index in [4.69, 9.17) is 14.2 Å². The highest BCUT2D eigenvalue weighted by atomic mass is 32.2. The fraction of sp³-hybridized carbons (Fsp3) is 0.875. The third-order valence-electron chi connectivity index (χ3n) is 3.16. The first-order valence-corrected chi connectivity index (χ1v) is 11.0. The van der Waals surface area contributed by atoms with Crippen LogP contribution in [0.3, 0.4) is 0 Å². The van der Waals surface area contributed by atoms with Gasteiger partial charge >= 0.3 is 0 Å². The Hall–Kier alpha value is -0.480. The predicted molar refractivity (Wildman–Crippen MR) is 102 cm³/mol. The van der Waals surface area contributed by atoms with Gasteiger partial charge in [0.05, 0.1) is 37.9 Å². The zero-order valence-corrected chi connectivity index (χ0v) is 16.4. The summed E-state index contributed by atoms with van der Waals surface area (Å²) in [6, 6.07) is 0. The van der Waals surface area contributed by atoms with Gasteiger partial charge in [-0.25, -0.2) is 0 Å². The van der Waals surface area contributed by atoms with E-state index < -0.39 is 0 Å². The molecule has 0 aromatic heterocycles. The van der Waals surface area contributed by atoms with Crippen LogP contribution in [0.4, 0.5) is 0 Å². The minimum absolute atomic E-state index is 0.0504. The Kier molecular flexibility index (Phi) is 15.3. The van der Waals surface area contributed by atoms with Crippen molar-refractivity contribution in [1.29, 1.82) is 0 Å². The van der Waals surface area contributed by atoms with Gasteiger partial charge in [0.25, 0.3) is 0 Å². The van der Waals surface area contributed by atoms with Crippen LogP contribution < -0.4 is 10.6 Å². The molecule has 1 aliphatic heterocycles. The average molecular weight is 395 g/mol. The molecule has 1 fully saturated rings. The highest BCUT2D eigenvalue weighted by molar-refractivity contribution is 8.03. The summed E-state index contributed by atoms with van der Waals surface area (Å²) in [7, 11) is 0. The van der Waals surface area contributed by atoms with Crippen molar-refractivity contribution in [1.82, 2.24) is 10.6 Å². The molecule has 1 saturated heterocycles. The van der Waals surface area contributed by atoms with Gasteiger partial charge in [0.1, 0.15) is 0 Å². The fourth-order valence-corrected chi connectivity index (χ4v) is 3.70. The smallest absolute Gasteiger partial charge is 0.229 e. The molecule has 0 saturated carbocycles. The lowest BCUT2D eigenvalue weighted by Gasteiger charge is -2.08. The maximum absolute atomic E-state index is 11.6. The molecule has 0 bridgehead atoms. The van der Waals surface area contributed by atoms with Gasteiger partial charge in [0.2, 0.25) is 11.8 Å². The lowest BCUT2D eigenvalue weighted by atomic mass is 10.4. The summed E-state index contributed by atoms with van der Waals surface area (Å²) in [5, 5.41) is 5.75. The highest BCUT2D eigenvalue weighted by Gasteiger charge is 2.03. The van der Waals surface area contributed by atoms with Crippen molar-refractivity contribution in [2.45, 2.75) is 12.8 Å². The molecule has 2 amide bonds. The van der Waals surface area contributed by atoms with Crippen LogP contribution >= 0.6 is 23.5 Å². The molecule has 0 radical (unpaired) electrons. The van der Waals surface area contributed by atoms with E-state index in [1.165, 1.54) is 0 Å². The molecular weight excluding hydrogens is 364 g/mol. The van der Waals surface area contributed by atoms with Crippen molar-refractivity contribution in [3.05, 3.63) is 0 Å². The molecule has 0 unspecified atom stereocenters. The third-order valence-corrected chi connectivity index (χ3v) is 5.33. The van der Waals surface area contributed by atoms with E-state index in [0.717, 1.165) is 24.3 Å². The van der Waals surface area contributed by atoms with Crippen LogP contribution in [0.15, 0.2) is 0 Å². The number of ether oxygens (including phenoxy) is 3.